The van der Waals surface area contributed by atoms with Crippen LogP contribution in [-0.2, 0) is 4.74 Å². The summed E-state index contributed by atoms with van der Waals surface area (Å²) in [5, 5.41) is 0. The summed E-state index contributed by atoms with van der Waals surface area (Å²) >= 11 is 0. The molecule has 0 aliphatic carbocycles. The zero-order chi connectivity index (χ0) is 10.6. The monoisotopic (exact) mass is 198 g/mol. The van der Waals surface area contributed by atoms with E-state index in [1.165, 1.54) is 25.3 Å². The lowest BCUT2D eigenvalue weighted by Gasteiger charge is -2.05. The molecule has 76 valence electrons. The number of rotatable bonds is 3. The minimum Gasteiger partial charge on any atom is -0.491 e. The van der Waals surface area contributed by atoms with Crippen molar-refractivity contribution in [2.24, 2.45) is 0 Å². The van der Waals surface area contributed by atoms with Crippen molar-refractivity contribution in [1.82, 2.24) is 0 Å². The second-order valence-corrected chi connectivity index (χ2v) is 2.57. The van der Waals surface area contributed by atoms with Gasteiger partial charge in [-0.1, -0.05) is 0 Å². The quantitative estimate of drug-likeness (QED) is 0.697. The molecule has 14 heavy (non-hydrogen) atoms. The van der Waals surface area contributed by atoms with Gasteiger partial charge in [-0.25, -0.2) is 9.18 Å². The average molecular weight is 198 g/mol. The molecule has 0 unspecified atom stereocenters. The van der Waals surface area contributed by atoms with Crippen LogP contribution in [0.15, 0.2) is 18.2 Å². The van der Waals surface area contributed by atoms with Crippen LogP contribution in [0.5, 0.6) is 5.75 Å². The van der Waals surface area contributed by atoms with E-state index in [0.717, 1.165) is 0 Å². The van der Waals surface area contributed by atoms with E-state index in [4.69, 9.17) is 4.74 Å². The molecule has 1 aromatic carbocycles. The molecule has 0 spiro atoms. The van der Waals surface area contributed by atoms with Crippen molar-refractivity contribution in [2.45, 2.75) is 6.92 Å². The number of ether oxygens (including phenoxy) is 2. The van der Waals surface area contributed by atoms with Gasteiger partial charge in [0.05, 0.1) is 19.3 Å². The Hall–Kier alpha value is -1.58. The molecule has 0 bridgehead atoms. The van der Waals surface area contributed by atoms with Crippen molar-refractivity contribution in [3.63, 3.8) is 0 Å². The molecule has 0 amide bonds. The Morgan fingerprint density at radius 1 is 1.50 bits per heavy atom. The van der Waals surface area contributed by atoms with Gasteiger partial charge in [0, 0.05) is 0 Å². The first-order valence-corrected chi connectivity index (χ1v) is 4.19. The van der Waals surface area contributed by atoms with Gasteiger partial charge in [-0.15, -0.1) is 0 Å². The lowest BCUT2D eigenvalue weighted by molar-refractivity contribution is 0.0600. The maximum atomic E-state index is 13.0. The predicted molar refractivity (Wildman–Crippen MR) is 48.9 cm³/mol. The molecule has 0 atom stereocenters. The lowest BCUT2D eigenvalue weighted by Crippen LogP contribution is -2.03. The van der Waals surface area contributed by atoms with Crippen molar-refractivity contribution in [3.05, 3.63) is 29.6 Å². The summed E-state index contributed by atoms with van der Waals surface area (Å²) in [6.45, 7) is 2.09. The highest BCUT2D eigenvalue weighted by Gasteiger charge is 2.09. The van der Waals surface area contributed by atoms with Gasteiger partial charge in [0.15, 0.2) is 11.6 Å². The third-order valence-electron chi connectivity index (χ3n) is 1.65. The van der Waals surface area contributed by atoms with Crippen LogP contribution in [0.4, 0.5) is 4.39 Å². The second kappa shape index (κ2) is 4.60. The van der Waals surface area contributed by atoms with Crippen LogP contribution >= 0.6 is 0 Å². The molecular weight excluding hydrogens is 187 g/mol. The van der Waals surface area contributed by atoms with Crippen LogP contribution in [0.25, 0.3) is 0 Å². The maximum Gasteiger partial charge on any atom is 0.337 e. The smallest absolute Gasteiger partial charge is 0.337 e. The zero-order valence-electron chi connectivity index (χ0n) is 8.04. The number of carbonyl (C=O) groups is 1. The molecule has 0 fully saturated rings. The van der Waals surface area contributed by atoms with Gasteiger partial charge < -0.3 is 9.47 Å². The van der Waals surface area contributed by atoms with E-state index in [9.17, 15) is 9.18 Å². The molecular formula is C10H11FO3. The summed E-state index contributed by atoms with van der Waals surface area (Å²) in [5.41, 5.74) is 0.275. The summed E-state index contributed by atoms with van der Waals surface area (Å²) < 4.78 is 22.5. The van der Waals surface area contributed by atoms with Gasteiger partial charge >= 0.3 is 5.97 Å². The van der Waals surface area contributed by atoms with Crippen molar-refractivity contribution in [3.8, 4) is 5.75 Å². The van der Waals surface area contributed by atoms with Crippen molar-refractivity contribution in [2.75, 3.05) is 13.7 Å². The van der Waals surface area contributed by atoms with E-state index in [2.05, 4.69) is 4.74 Å². The maximum absolute atomic E-state index is 13.0. The Kier molecular flexibility index (Phi) is 3.45. The van der Waals surface area contributed by atoms with E-state index in [1.807, 2.05) is 0 Å². The highest BCUT2D eigenvalue weighted by Crippen LogP contribution is 2.19. The number of benzene rings is 1. The fourth-order valence-corrected chi connectivity index (χ4v) is 1.01. The van der Waals surface area contributed by atoms with Gasteiger partial charge in [0.1, 0.15) is 0 Å². The van der Waals surface area contributed by atoms with E-state index < -0.39 is 11.8 Å². The van der Waals surface area contributed by atoms with E-state index in [0.29, 0.717) is 6.61 Å². The number of hydrogen-bond donors (Lipinski definition) is 0. The van der Waals surface area contributed by atoms with E-state index >= 15 is 0 Å². The molecule has 0 aromatic heterocycles. The zero-order valence-corrected chi connectivity index (χ0v) is 8.04. The summed E-state index contributed by atoms with van der Waals surface area (Å²) in [5.74, 6) is -0.930. The molecule has 1 rings (SSSR count). The SMILES string of the molecule is CCOc1cc(C(=O)OC)ccc1F. The minimum absolute atomic E-state index is 0.0652. The fourth-order valence-electron chi connectivity index (χ4n) is 1.01. The van der Waals surface area contributed by atoms with Gasteiger partial charge in [0.2, 0.25) is 0 Å². The Morgan fingerprint density at radius 2 is 2.21 bits per heavy atom. The van der Waals surface area contributed by atoms with E-state index in [1.54, 1.807) is 6.92 Å². The van der Waals surface area contributed by atoms with Crippen molar-refractivity contribution in [1.29, 1.82) is 0 Å². The van der Waals surface area contributed by atoms with Crippen LogP contribution in [0.3, 0.4) is 0 Å². The highest BCUT2D eigenvalue weighted by molar-refractivity contribution is 5.89. The number of hydrogen-bond acceptors (Lipinski definition) is 3. The fraction of sp³-hybridized carbons (Fsp3) is 0.300. The van der Waals surface area contributed by atoms with Crippen LogP contribution in [-0.4, -0.2) is 19.7 Å². The van der Waals surface area contributed by atoms with Gasteiger partial charge in [-0.05, 0) is 25.1 Å². The Labute approximate surface area is 81.4 Å². The van der Waals surface area contributed by atoms with Gasteiger partial charge in [0.25, 0.3) is 0 Å². The topological polar surface area (TPSA) is 35.5 Å². The van der Waals surface area contributed by atoms with Crippen LogP contribution in [0.1, 0.15) is 17.3 Å². The number of halogens is 1. The van der Waals surface area contributed by atoms with Gasteiger partial charge in [-0.3, -0.25) is 0 Å². The largest absolute Gasteiger partial charge is 0.491 e. The first-order chi connectivity index (χ1) is 6.69. The van der Waals surface area contributed by atoms with E-state index in [-0.39, 0.29) is 11.3 Å². The van der Waals surface area contributed by atoms with Crippen LogP contribution in [0.2, 0.25) is 0 Å². The molecule has 4 heteroatoms. The molecule has 0 aliphatic heterocycles. The first kappa shape index (κ1) is 10.5. The third kappa shape index (κ3) is 2.22. The molecule has 1 aromatic rings. The Morgan fingerprint density at radius 3 is 2.79 bits per heavy atom. The lowest BCUT2D eigenvalue weighted by atomic mass is 10.2. The summed E-state index contributed by atoms with van der Waals surface area (Å²) in [4.78, 5) is 11.1. The average Bonchev–Trinajstić information content (AvgIpc) is 2.20. The normalized spacial score (nSPS) is 9.64. The number of esters is 1. The van der Waals surface area contributed by atoms with Crippen molar-refractivity contribution < 1.29 is 18.7 Å². The molecule has 0 aliphatic rings. The Balaban J connectivity index is 2.99. The first-order valence-electron chi connectivity index (χ1n) is 4.19. The number of carbonyl (C=O) groups excluding carboxylic acids is 1. The molecule has 0 radical (unpaired) electrons. The van der Waals surface area contributed by atoms with Crippen LogP contribution in [0, 0.1) is 5.82 Å². The summed E-state index contributed by atoms with van der Waals surface area (Å²) in [6.07, 6.45) is 0. The minimum atomic E-state index is -0.508. The predicted octanol–water partition coefficient (Wildman–Crippen LogP) is 2.01. The summed E-state index contributed by atoms with van der Waals surface area (Å²) in [7, 11) is 1.27. The molecule has 0 heterocycles. The molecule has 3 nitrogen and oxygen atoms in total. The Bertz CT molecular complexity index is 336. The third-order valence-corrected chi connectivity index (χ3v) is 1.65. The van der Waals surface area contributed by atoms with Crippen LogP contribution < -0.4 is 4.74 Å². The highest BCUT2D eigenvalue weighted by atomic mass is 19.1. The molecule has 0 saturated heterocycles. The van der Waals surface area contributed by atoms with Crippen molar-refractivity contribution >= 4 is 5.97 Å². The summed E-state index contributed by atoms with van der Waals surface area (Å²) in [6, 6.07) is 3.85. The molecule has 0 N–H and O–H groups in total. The number of methoxy groups -OCH3 is 1. The second-order valence-electron chi connectivity index (χ2n) is 2.57. The van der Waals surface area contributed by atoms with Gasteiger partial charge in [-0.2, -0.15) is 0 Å². The standard InChI is InChI=1S/C10H11FO3/c1-3-14-9-6-7(10(12)13-2)4-5-8(9)11/h4-6H,3H2,1-2H3. The molecule has 0 saturated carbocycles.